The van der Waals surface area contributed by atoms with Crippen LogP contribution in [0.3, 0.4) is 0 Å². The fraction of sp³-hybridized carbons (Fsp3) is 0.684. The Balaban J connectivity index is 1.63. The van der Waals surface area contributed by atoms with Crippen molar-refractivity contribution in [2.45, 2.75) is 64.2 Å². The van der Waals surface area contributed by atoms with Gasteiger partial charge in [-0.15, -0.1) is 0 Å². The fourth-order valence-corrected chi connectivity index (χ4v) is 3.69. The lowest BCUT2D eigenvalue weighted by atomic mass is 9.81. The van der Waals surface area contributed by atoms with E-state index in [-0.39, 0.29) is 6.10 Å². The molecule has 0 spiro atoms. The molecule has 0 heterocycles. The minimum Gasteiger partial charge on any atom is -0.369 e. The summed E-state index contributed by atoms with van der Waals surface area (Å²) >= 11 is 0. The van der Waals surface area contributed by atoms with Crippen molar-refractivity contribution in [1.82, 2.24) is 5.32 Å². The first-order valence-corrected chi connectivity index (χ1v) is 8.64. The molecule has 0 radical (unpaired) electrons. The van der Waals surface area contributed by atoms with E-state index in [4.69, 9.17) is 4.74 Å². The van der Waals surface area contributed by atoms with E-state index in [9.17, 15) is 0 Å². The molecule has 0 bridgehead atoms. The Labute approximate surface area is 129 Å². The van der Waals surface area contributed by atoms with Crippen molar-refractivity contribution in [3.05, 3.63) is 35.9 Å². The largest absolute Gasteiger partial charge is 0.369 e. The second kappa shape index (κ2) is 6.93. The first-order chi connectivity index (χ1) is 10.2. The van der Waals surface area contributed by atoms with Gasteiger partial charge in [0.15, 0.2) is 0 Å². The summed E-state index contributed by atoms with van der Waals surface area (Å²) in [4.78, 5) is 0. The Morgan fingerprint density at radius 2 is 1.71 bits per heavy atom. The molecule has 0 saturated heterocycles. The second-order valence-electron chi connectivity index (χ2n) is 7.26. The van der Waals surface area contributed by atoms with Crippen LogP contribution in [-0.4, -0.2) is 18.7 Å². The third-order valence-corrected chi connectivity index (χ3v) is 4.83. The molecule has 21 heavy (non-hydrogen) atoms. The highest BCUT2D eigenvalue weighted by Crippen LogP contribution is 2.33. The normalized spacial score (nSPS) is 31.0. The standard InChI is InChI=1S/C19H29NO/c1-14-10-15(2)12-18(11-14)21-19(13-20-17-8-9-17)16-6-4-3-5-7-16/h3-7,14-15,17-20H,8-13H2,1-2H3. The van der Waals surface area contributed by atoms with Gasteiger partial charge in [0.05, 0.1) is 12.2 Å². The van der Waals surface area contributed by atoms with Gasteiger partial charge in [-0.3, -0.25) is 0 Å². The average Bonchev–Trinajstić information content (AvgIpc) is 3.27. The van der Waals surface area contributed by atoms with E-state index in [0.29, 0.717) is 6.10 Å². The van der Waals surface area contributed by atoms with Crippen LogP contribution in [0.2, 0.25) is 0 Å². The number of benzene rings is 1. The zero-order valence-corrected chi connectivity index (χ0v) is 13.4. The number of nitrogens with one attached hydrogen (secondary N) is 1. The zero-order chi connectivity index (χ0) is 14.7. The van der Waals surface area contributed by atoms with Gasteiger partial charge in [-0.25, -0.2) is 0 Å². The zero-order valence-electron chi connectivity index (χ0n) is 13.4. The number of ether oxygens (including phenoxy) is 1. The van der Waals surface area contributed by atoms with E-state index >= 15 is 0 Å². The van der Waals surface area contributed by atoms with Crippen LogP contribution in [0.25, 0.3) is 0 Å². The lowest BCUT2D eigenvalue weighted by Gasteiger charge is -2.34. The van der Waals surface area contributed by atoms with E-state index in [0.717, 1.165) is 24.4 Å². The molecule has 2 heteroatoms. The van der Waals surface area contributed by atoms with Gasteiger partial charge in [-0.1, -0.05) is 44.2 Å². The van der Waals surface area contributed by atoms with E-state index < -0.39 is 0 Å². The molecular formula is C19H29NO. The second-order valence-corrected chi connectivity index (χ2v) is 7.26. The molecule has 1 aromatic carbocycles. The summed E-state index contributed by atoms with van der Waals surface area (Å²) in [6.45, 7) is 5.69. The number of rotatable bonds is 6. The van der Waals surface area contributed by atoms with E-state index in [1.165, 1.54) is 37.7 Å². The molecule has 0 aliphatic heterocycles. The molecule has 1 aromatic rings. The maximum Gasteiger partial charge on any atom is 0.0953 e. The monoisotopic (exact) mass is 287 g/mol. The van der Waals surface area contributed by atoms with Crippen molar-refractivity contribution >= 4 is 0 Å². The summed E-state index contributed by atoms with van der Waals surface area (Å²) in [7, 11) is 0. The smallest absolute Gasteiger partial charge is 0.0953 e. The van der Waals surface area contributed by atoms with Gasteiger partial charge in [0.25, 0.3) is 0 Å². The number of hydrogen-bond acceptors (Lipinski definition) is 2. The Bertz CT molecular complexity index is 418. The lowest BCUT2D eigenvalue weighted by Crippen LogP contribution is -2.32. The van der Waals surface area contributed by atoms with Gasteiger partial charge >= 0.3 is 0 Å². The maximum atomic E-state index is 6.53. The molecular weight excluding hydrogens is 258 g/mol. The minimum atomic E-state index is 0.203. The van der Waals surface area contributed by atoms with Gasteiger partial charge in [0.2, 0.25) is 0 Å². The quantitative estimate of drug-likeness (QED) is 0.841. The first kappa shape index (κ1) is 15.1. The van der Waals surface area contributed by atoms with Crippen LogP contribution in [0.15, 0.2) is 30.3 Å². The van der Waals surface area contributed by atoms with Crippen LogP contribution >= 0.6 is 0 Å². The molecule has 2 aliphatic carbocycles. The van der Waals surface area contributed by atoms with Gasteiger partial charge in [-0.05, 0) is 49.5 Å². The molecule has 2 fully saturated rings. The molecule has 0 aromatic heterocycles. The van der Waals surface area contributed by atoms with Crippen molar-refractivity contribution in [3.63, 3.8) is 0 Å². The summed E-state index contributed by atoms with van der Waals surface area (Å²) < 4.78 is 6.53. The van der Waals surface area contributed by atoms with E-state index in [1.54, 1.807) is 0 Å². The summed E-state index contributed by atoms with van der Waals surface area (Å²) in [5.41, 5.74) is 1.32. The molecule has 3 rings (SSSR count). The Hall–Kier alpha value is -0.860. The van der Waals surface area contributed by atoms with Crippen LogP contribution in [-0.2, 0) is 4.74 Å². The van der Waals surface area contributed by atoms with Gasteiger partial charge in [0.1, 0.15) is 0 Å². The average molecular weight is 287 g/mol. The highest BCUT2D eigenvalue weighted by Gasteiger charge is 2.28. The van der Waals surface area contributed by atoms with Crippen molar-refractivity contribution in [2.24, 2.45) is 11.8 Å². The molecule has 116 valence electrons. The molecule has 3 atom stereocenters. The number of hydrogen-bond donors (Lipinski definition) is 1. The van der Waals surface area contributed by atoms with Crippen molar-refractivity contribution < 1.29 is 4.74 Å². The molecule has 3 unspecified atom stereocenters. The first-order valence-electron chi connectivity index (χ1n) is 8.64. The third-order valence-electron chi connectivity index (χ3n) is 4.83. The highest BCUT2D eigenvalue weighted by atomic mass is 16.5. The molecule has 2 aliphatic rings. The summed E-state index contributed by atoms with van der Waals surface area (Å²) in [5.74, 6) is 1.60. The van der Waals surface area contributed by atoms with Gasteiger partial charge in [-0.2, -0.15) is 0 Å². The van der Waals surface area contributed by atoms with Gasteiger partial charge < -0.3 is 10.1 Å². The SMILES string of the molecule is CC1CC(C)CC(OC(CNC2CC2)c2ccccc2)C1. The summed E-state index contributed by atoms with van der Waals surface area (Å²) in [6, 6.07) is 11.5. The van der Waals surface area contributed by atoms with Crippen molar-refractivity contribution in [1.29, 1.82) is 0 Å². The van der Waals surface area contributed by atoms with Crippen LogP contribution in [0.5, 0.6) is 0 Å². The van der Waals surface area contributed by atoms with Gasteiger partial charge in [0, 0.05) is 12.6 Å². The van der Waals surface area contributed by atoms with Crippen molar-refractivity contribution in [2.75, 3.05) is 6.54 Å². The maximum absolute atomic E-state index is 6.53. The third kappa shape index (κ3) is 4.55. The van der Waals surface area contributed by atoms with Crippen LogP contribution in [0, 0.1) is 11.8 Å². The minimum absolute atomic E-state index is 0.203. The van der Waals surface area contributed by atoms with Crippen LogP contribution in [0.4, 0.5) is 0 Å². The molecule has 2 saturated carbocycles. The summed E-state index contributed by atoms with van der Waals surface area (Å²) in [5, 5.41) is 3.64. The van der Waals surface area contributed by atoms with E-state index in [2.05, 4.69) is 49.5 Å². The fourth-order valence-electron chi connectivity index (χ4n) is 3.69. The van der Waals surface area contributed by atoms with Crippen LogP contribution < -0.4 is 5.32 Å². The molecule has 2 nitrogen and oxygen atoms in total. The Kier molecular flexibility index (Phi) is 4.97. The predicted octanol–water partition coefficient (Wildman–Crippen LogP) is 4.32. The Morgan fingerprint density at radius 3 is 2.33 bits per heavy atom. The van der Waals surface area contributed by atoms with Crippen LogP contribution in [0.1, 0.15) is 57.6 Å². The van der Waals surface area contributed by atoms with E-state index in [1.807, 2.05) is 0 Å². The highest BCUT2D eigenvalue weighted by molar-refractivity contribution is 5.18. The Morgan fingerprint density at radius 1 is 1.05 bits per heavy atom. The van der Waals surface area contributed by atoms with Crippen molar-refractivity contribution in [3.8, 4) is 0 Å². The molecule has 1 N–H and O–H groups in total. The topological polar surface area (TPSA) is 21.3 Å². The summed E-state index contributed by atoms with van der Waals surface area (Å²) in [6.07, 6.45) is 7.09. The lowest BCUT2D eigenvalue weighted by molar-refractivity contribution is -0.0498. The molecule has 0 amide bonds. The predicted molar refractivity (Wildman–Crippen MR) is 87.3 cm³/mol.